The molecule has 0 amide bonds. The van der Waals surface area contributed by atoms with Crippen LogP contribution >= 0.6 is 15.9 Å². The Morgan fingerprint density at radius 2 is 1.57 bits per heavy atom. The standard InChI is InChI=1S/C16H17BrFN3/c1-12-15(17)6-7-16(19-12)21-10-8-20(9-11-21)14-4-2-13(18)3-5-14/h2-7H,8-11H2,1H3. The second-order valence-corrected chi connectivity index (χ2v) is 6.04. The molecule has 1 aromatic carbocycles. The van der Waals surface area contributed by atoms with E-state index in [1.54, 1.807) is 0 Å². The third kappa shape index (κ3) is 3.18. The summed E-state index contributed by atoms with van der Waals surface area (Å²) in [6, 6.07) is 10.8. The smallest absolute Gasteiger partial charge is 0.128 e. The normalized spacial score (nSPS) is 15.4. The summed E-state index contributed by atoms with van der Waals surface area (Å²) < 4.78 is 14.0. The summed E-state index contributed by atoms with van der Waals surface area (Å²) in [4.78, 5) is 9.19. The van der Waals surface area contributed by atoms with E-state index in [0.717, 1.165) is 47.9 Å². The molecule has 110 valence electrons. The van der Waals surface area contributed by atoms with Crippen LogP contribution in [0.4, 0.5) is 15.9 Å². The maximum absolute atomic E-state index is 13.0. The fourth-order valence-corrected chi connectivity index (χ4v) is 2.77. The largest absolute Gasteiger partial charge is 0.368 e. The minimum Gasteiger partial charge on any atom is -0.368 e. The molecule has 1 saturated heterocycles. The summed E-state index contributed by atoms with van der Waals surface area (Å²) in [7, 11) is 0. The second-order valence-electron chi connectivity index (χ2n) is 5.19. The van der Waals surface area contributed by atoms with Crippen molar-refractivity contribution in [3.05, 3.63) is 52.4 Å². The average Bonchev–Trinajstić information content (AvgIpc) is 2.51. The van der Waals surface area contributed by atoms with Gasteiger partial charge in [-0.3, -0.25) is 0 Å². The molecule has 0 aliphatic carbocycles. The summed E-state index contributed by atoms with van der Waals surface area (Å²) in [5.74, 6) is 0.835. The van der Waals surface area contributed by atoms with Crippen molar-refractivity contribution in [2.24, 2.45) is 0 Å². The molecule has 3 nitrogen and oxygen atoms in total. The Morgan fingerprint density at radius 3 is 2.19 bits per heavy atom. The van der Waals surface area contributed by atoms with Gasteiger partial charge in [0, 0.05) is 36.3 Å². The molecule has 0 bridgehead atoms. The fraction of sp³-hybridized carbons (Fsp3) is 0.312. The molecule has 2 heterocycles. The molecule has 0 saturated carbocycles. The van der Waals surface area contributed by atoms with Crippen LogP contribution in [0.2, 0.25) is 0 Å². The molecule has 5 heteroatoms. The predicted molar refractivity (Wildman–Crippen MR) is 87.5 cm³/mol. The van der Waals surface area contributed by atoms with Gasteiger partial charge in [-0.1, -0.05) is 0 Å². The van der Waals surface area contributed by atoms with Crippen LogP contribution in [-0.4, -0.2) is 31.2 Å². The van der Waals surface area contributed by atoms with Gasteiger partial charge >= 0.3 is 0 Å². The second kappa shape index (κ2) is 6.02. The van der Waals surface area contributed by atoms with Crippen molar-refractivity contribution in [3.63, 3.8) is 0 Å². The zero-order valence-electron chi connectivity index (χ0n) is 11.9. The number of benzene rings is 1. The lowest BCUT2D eigenvalue weighted by Crippen LogP contribution is -2.46. The number of hydrogen-bond acceptors (Lipinski definition) is 3. The van der Waals surface area contributed by atoms with E-state index in [1.165, 1.54) is 12.1 Å². The summed E-state index contributed by atoms with van der Waals surface area (Å²) in [5, 5.41) is 0. The van der Waals surface area contributed by atoms with Gasteiger partial charge in [-0.25, -0.2) is 9.37 Å². The third-order valence-electron chi connectivity index (χ3n) is 3.80. The maximum atomic E-state index is 13.0. The van der Waals surface area contributed by atoms with E-state index in [9.17, 15) is 4.39 Å². The molecule has 0 N–H and O–H groups in total. The van der Waals surface area contributed by atoms with Crippen molar-refractivity contribution in [1.82, 2.24) is 4.98 Å². The van der Waals surface area contributed by atoms with Crippen LogP contribution in [0.5, 0.6) is 0 Å². The average molecular weight is 350 g/mol. The first kappa shape index (κ1) is 14.3. The van der Waals surface area contributed by atoms with E-state index in [1.807, 2.05) is 31.2 Å². The lowest BCUT2D eigenvalue weighted by Gasteiger charge is -2.36. The molecule has 1 aliphatic heterocycles. The number of rotatable bonds is 2. The Morgan fingerprint density at radius 1 is 0.952 bits per heavy atom. The zero-order chi connectivity index (χ0) is 14.8. The van der Waals surface area contributed by atoms with Gasteiger partial charge in [-0.05, 0) is 59.3 Å². The Labute approximate surface area is 132 Å². The van der Waals surface area contributed by atoms with Crippen molar-refractivity contribution >= 4 is 27.4 Å². The van der Waals surface area contributed by atoms with Crippen LogP contribution < -0.4 is 9.80 Å². The lowest BCUT2D eigenvalue weighted by molar-refractivity contribution is 0.624. The number of piperazine rings is 1. The molecule has 1 aliphatic rings. The van der Waals surface area contributed by atoms with E-state index in [4.69, 9.17) is 0 Å². The Hall–Kier alpha value is -1.62. The van der Waals surface area contributed by atoms with E-state index in [2.05, 4.69) is 30.7 Å². The molecule has 0 spiro atoms. The highest BCUT2D eigenvalue weighted by Gasteiger charge is 2.18. The lowest BCUT2D eigenvalue weighted by atomic mass is 10.2. The number of anilines is 2. The Bertz CT molecular complexity index is 622. The van der Waals surface area contributed by atoms with Gasteiger partial charge in [0.1, 0.15) is 11.6 Å². The number of halogens is 2. The molecule has 0 unspecified atom stereocenters. The first-order chi connectivity index (χ1) is 10.1. The number of nitrogens with zero attached hydrogens (tertiary/aromatic N) is 3. The molecule has 21 heavy (non-hydrogen) atoms. The van der Waals surface area contributed by atoms with Crippen LogP contribution in [0, 0.1) is 12.7 Å². The van der Waals surface area contributed by atoms with Crippen molar-refractivity contribution in [2.75, 3.05) is 36.0 Å². The Balaban J connectivity index is 1.67. The minimum atomic E-state index is -0.188. The highest BCUT2D eigenvalue weighted by atomic mass is 79.9. The predicted octanol–water partition coefficient (Wildman–Crippen LogP) is 3.62. The number of hydrogen-bond donors (Lipinski definition) is 0. The van der Waals surface area contributed by atoms with E-state index in [-0.39, 0.29) is 5.82 Å². The summed E-state index contributed by atoms with van der Waals surface area (Å²) in [6.45, 7) is 5.68. The zero-order valence-corrected chi connectivity index (χ0v) is 13.5. The van der Waals surface area contributed by atoms with Crippen LogP contribution in [0.1, 0.15) is 5.69 Å². The van der Waals surface area contributed by atoms with E-state index in [0.29, 0.717) is 0 Å². The molecular weight excluding hydrogens is 333 g/mol. The van der Waals surface area contributed by atoms with Crippen LogP contribution in [-0.2, 0) is 0 Å². The first-order valence-electron chi connectivity index (χ1n) is 7.02. The highest BCUT2D eigenvalue weighted by molar-refractivity contribution is 9.10. The van der Waals surface area contributed by atoms with Crippen LogP contribution in [0.3, 0.4) is 0 Å². The molecule has 1 fully saturated rings. The molecule has 0 atom stereocenters. The van der Waals surface area contributed by atoms with Gasteiger partial charge in [0.25, 0.3) is 0 Å². The van der Waals surface area contributed by atoms with E-state index >= 15 is 0 Å². The van der Waals surface area contributed by atoms with Crippen LogP contribution in [0.15, 0.2) is 40.9 Å². The number of aryl methyl sites for hydroxylation is 1. The van der Waals surface area contributed by atoms with Crippen LogP contribution in [0.25, 0.3) is 0 Å². The van der Waals surface area contributed by atoms with Gasteiger partial charge in [0.2, 0.25) is 0 Å². The van der Waals surface area contributed by atoms with Gasteiger partial charge < -0.3 is 9.80 Å². The number of pyridine rings is 1. The van der Waals surface area contributed by atoms with E-state index < -0.39 is 0 Å². The fourth-order valence-electron chi connectivity index (χ4n) is 2.55. The summed E-state index contributed by atoms with van der Waals surface area (Å²) >= 11 is 3.48. The van der Waals surface area contributed by atoms with Crippen molar-refractivity contribution in [3.8, 4) is 0 Å². The van der Waals surface area contributed by atoms with Gasteiger partial charge in [-0.2, -0.15) is 0 Å². The quantitative estimate of drug-likeness (QED) is 0.825. The maximum Gasteiger partial charge on any atom is 0.128 e. The van der Waals surface area contributed by atoms with Gasteiger partial charge in [-0.15, -0.1) is 0 Å². The SMILES string of the molecule is Cc1nc(N2CCN(c3ccc(F)cc3)CC2)ccc1Br. The molecule has 3 rings (SSSR count). The summed E-state index contributed by atoms with van der Waals surface area (Å²) in [5.41, 5.74) is 2.09. The summed E-state index contributed by atoms with van der Waals surface area (Å²) in [6.07, 6.45) is 0. The third-order valence-corrected chi connectivity index (χ3v) is 4.64. The molecule has 2 aromatic rings. The molecule has 1 aromatic heterocycles. The monoisotopic (exact) mass is 349 g/mol. The van der Waals surface area contributed by atoms with Gasteiger partial charge in [0.15, 0.2) is 0 Å². The first-order valence-corrected chi connectivity index (χ1v) is 7.81. The van der Waals surface area contributed by atoms with Crippen molar-refractivity contribution in [1.29, 1.82) is 0 Å². The number of aromatic nitrogens is 1. The molecule has 0 radical (unpaired) electrons. The van der Waals surface area contributed by atoms with Crippen molar-refractivity contribution < 1.29 is 4.39 Å². The van der Waals surface area contributed by atoms with Crippen molar-refractivity contribution in [2.45, 2.75) is 6.92 Å². The van der Waals surface area contributed by atoms with Gasteiger partial charge in [0.05, 0.1) is 5.69 Å². The highest BCUT2D eigenvalue weighted by Crippen LogP contribution is 2.22. The minimum absolute atomic E-state index is 0.188. The Kier molecular flexibility index (Phi) is 4.10. The molecular formula is C16H17BrFN3. The topological polar surface area (TPSA) is 19.4 Å².